The second-order valence-corrected chi connectivity index (χ2v) is 5.94. The number of anilines is 1. The number of nitro benzene ring substituents is 1. The lowest BCUT2D eigenvalue weighted by Crippen LogP contribution is -2.43. The molecule has 0 spiro atoms. The van der Waals surface area contributed by atoms with E-state index in [1.165, 1.54) is 12.1 Å². The SMILES string of the molecule is Cc1cc([N+](=O)[O-])cc(Cl)c1NCC(=O)NC(C)(C)C. The van der Waals surface area contributed by atoms with Crippen molar-refractivity contribution in [1.82, 2.24) is 5.32 Å². The van der Waals surface area contributed by atoms with Gasteiger partial charge in [-0.2, -0.15) is 0 Å². The second kappa shape index (κ2) is 6.09. The number of nitro groups is 1. The highest BCUT2D eigenvalue weighted by Gasteiger charge is 2.16. The predicted octanol–water partition coefficient (Wildman–Crippen LogP) is 2.88. The Labute approximate surface area is 122 Å². The van der Waals surface area contributed by atoms with Crippen molar-refractivity contribution in [3.63, 3.8) is 0 Å². The number of amides is 1. The van der Waals surface area contributed by atoms with Crippen molar-refractivity contribution in [2.75, 3.05) is 11.9 Å². The molecule has 1 rings (SSSR count). The number of benzene rings is 1. The summed E-state index contributed by atoms with van der Waals surface area (Å²) in [5.41, 5.74) is 0.763. The zero-order chi connectivity index (χ0) is 15.5. The Bertz CT molecular complexity index is 515. The number of rotatable bonds is 4. The van der Waals surface area contributed by atoms with Gasteiger partial charge in [0.15, 0.2) is 0 Å². The van der Waals surface area contributed by atoms with Crippen LogP contribution >= 0.6 is 11.6 Å². The van der Waals surface area contributed by atoms with E-state index in [0.29, 0.717) is 11.3 Å². The zero-order valence-corrected chi connectivity index (χ0v) is 12.7. The molecule has 0 aliphatic carbocycles. The van der Waals surface area contributed by atoms with E-state index in [9.17, 15) is 14.9 Å². The largest absolute Gasteiger partial charge is 0.375 e. The highest BCUT2D eigenvalue weighted by atomic mass is 35.5. The maximum Gasteiger partial charge on any atom is 0.271 e. The van der Waals surface area contributed by atoms with Gasteiger partial charge in [0.05, 0.1) is 22.2 Å². The van der Waals surface area contributed by atoms with Crippen LogP contribution in [0.15, 0.2) is 12.1 Å². The minimum Gasteiger partial charge on any atom is -0.375 e. The van der Waals surface area contributed by atoms with E-state index in [2.05, 4.69) is 10.6 Å². The third-order valence-electron chi connectivity index (χ3n) is 2.42. The molecule has 0 heterocycles. The van der Waals surface area contributed by atoms with Crippen molar-refractivity contribution in [1.29, 1.82) is 0 Å². The summed E-state index contributed by atoms with van der Waals surface area (Å²) < 4.78 is 0. The Morgan fingerprint density at radius 1 is 1.40 bits per heavy atom. The number of non-ortho nitro benzene ring substituents is 1. The fraction of sp³-hybridized carbons (Fsp3) is 0.462. The van der Waals surface area contributed by atoms with Crippen LogP contribution in [0.3, 0.4) is 0 Å². The minimum atomic E-state index is -0.505. The molecular formula is C13H18ClN3O3. The topological polar surface area (TPSA) is 84.3 Å². The number of nitrogens with zero attached hydrogens (tertiary/aromatic N) is 1. The molecule has 110 valence electrons. The van der Waals surface area contributed by atoms with Gasteiger partial charge < -0.3 is 10.6 Å². The molecule has 2 N–H and O–H groups in total. The van der Waals surface area contributed by atoms with Crippen LogP contribution in [0.25, 0.3) is 0 Å². The van der Waals surface area contributed by atoms with Gasteiger partial charge in [0.2, 0.25) is 5.91 Å². The second-order valence-electron chi connectivity index (χ2n) is 5.53. The van der Waals surface area contributed by atoms with Crippen LogP contribution in [0.1, 0.15) is 26.3 Å². The first-order valence-electron chi connectivity index (χ1n) is 6.09. The monoisotopic (exact) mass is 299 g/mol. The molecule has 1 aromatic rings. The number of nitrogens with one attached hydrogen (secondary N) is 2. The third-order valence-corrected chi connectivity index (χ3v) is 2.72. The highest BCUT2D eigenvalue weighted by molar-refractivity contribution is 6.33. The average molecular weight is 300 g/mol. The van der Waals surface area contributed by atoms with E-state index in [0.717, 1.165) is 0 Å². The lowest BCUT2D eigenvalue weighted by Gasteiger charge is -2.21. The maximum absolute atomic E-state index is 11.7. The van der Waals surface area contributed by atoms with E-state index in [1.807, 2.05) is 20.8 Å². The van der Waals surface area contributed by atoms with Gasteiger partial charge in [0, 0.05) is 17.7 Å². The Morgan fingerprint density at radius 3 is 2.45 bits per heavy atom. The molecule has 1 amide bonds. The molecule has 0 bridgehead atoms. The van der Waals surface area contributed by atoms with Crippen molar-refractivity contribution in [2.45, 2.75) is 33.2 Å². The summed E-state index contributed by atoms with van der Waals surface area (Å²) in [4.78, 5) is 21.9. The maximum atomic E-state index is 11.7. The molecule has 0 atom stereocenters. The van der Waals surface area contributed by atoms with Crippen molar-refractivity contribution < 1.29 is 9.72 Å². The van der Waals surface area contributed by atoms with E-state index >= 15 is 0 Å². The van der Waals surface area contributed by atoms with Gasteiger partial charge in [-0.3, -0.25) is 14.9 Å². The van der Waals surface area contributed by atoms with E-state index in [-0.39, 0.29) is 28.7 Å². The summed E-state index contributed by atoms with van der Waals surface area (Å²) in [6.07, 6.45) is 0. The van der Waals surface area contributed by atoms with Crippen LogP contribution in [-0.4, -0.2) is 22.9 Å². The number of carbonyl (C=O) groups excluding carboxylic acids is 1. The smallest absolute Gasteiger partial charge is 0.271 e. The van der Waals surface area contributed by atoms with Gasteiger partial charge in [-0.25, -0.2) is 0 Å². The Morgan fingerprint density at radius 2 is 2.00 bits per heavy atom. The molecule has 0 radical (unpaired) electrons. The van der Waals surface area contributed by atoms with Gasteiger partial charge in [0.25, 0.3) is 5.69 Å². The van der Waals surface area contributed by atoms with Crippen LogP contribution in [0.4, 0.5) is 11.4 Å². The quantitative estimate of drug-likeness (QED) is 0.661. The van der Waals surface area contributed by atoms with E-state index in [1.54, 1.807) is 6.92 Å². The van der Waals surface area contributed by atoms with Crippen LogP contribution in [-0.2, 0) is 4.79 Å². The summed E-state index contributed by atoms with van der Waals surface area (Å²) in [5, 5.41) is 16.6. The molecule has 1 aromatic carbocycles. The van der Waals surface area contributed by atoms with Crippen molar-refractivity contribution in [3.05, 3.63) is 32.8 Å². The number of hydrogen-bond donors (Lipinski definition) is 2. The molecule has 0 aliphatic heterocycles. The van der Waals surface area contributed by atoms with Gasteiger partial charge in [-0.1, -0.05) is 11.6 Å². The van der Waals surface area contributed by atoms with Crippen LogP contribution in [0.5, 0.6) is 0 Å². The normalized spacial score (nSPS) is 11.1. The van der Waals surface area contributed by atoms with Crippen LogP contribution in [0, 0.1) is 17.0 Å². The zero-order valence-electron chi connectivity index (χ0n) is 11.9. The lowest BCUT2D eigenvalue weighted by atomic mass is 10.1. The first-order valence-corrected chi connectivity index (χ1v) is 6.47. The Kier molecular flexibility index (Phi) is 4.94. The Hall–Kier alpha value is -1.82. The average Bonchev–Trinajstić information content (AvgIpc) is 2.24. The minimum absolute atomic E-state index is 0.0512. The molecule has 0 saturated carbocycles. The molecule has 0 aromatic heterocycles. The summed E-state index contributed by atoms with van der Waals surface area (Å²) >= 11 is 6.00. The first kappa shape index (κ1) is 16.2. The molecule has 0 unspecified atom stereocenters. The lowest BCUT2D eigenvalue weighted by molar-refractivity contribution is -0.384. The fourth-order valence-corrected chi connectivity index (χ4v) is 2.01. The number of halogens is 1. The van der Waals surface area contributed by atoms with Gasteiger partial charge in [-0.15, -0.1) is 0 Å². The van der Waals surface area contributed by atoms with Crippen molar-refractivity contribution in [3.8, 4) is 0 Å². The standard InChI is InChI=1S/C13H18ClN3O3/c1-8-5-9(17(19)20)6-10(14)12(8)15-7-11(18)16-13(2,3)4/h5-6,15H,7H2,1-4H3,(H,16,18). The third kappa shape index (κ3) is 4.70. The predicted molar refractivity (Wildman–Crippen MR) is 79.2 cm³/mol. The molecule has 20 heavy (non-hydrogen) atoms. The van der Waals surface area contributed by atoms with Crippen LogP contribution < -0.4 is 10.6 Å². The van der Waals surface area contributed by atoms with Crippen LogP contribution in [0.2, 0.25) is 5.02 Å². The summed E-state index contributed by atoms with van der Waals surface area (Å²) in [5.74, 6) is -0.175. The fourth-order valence-electron chi connectivity index (χ4n) is 1.69. The molecule has 0 saturated heterocycles. The molecule has 0 fully saturated rings. The Balaban J connectivity index is 2.79. The molecule has 7 heteroatoms. The first-order chi connectivity index (χ1) is 9.10. The van der Waals surface area contributed by atoms with Crippen molar-refractivity contribution >= 4 is 28.9 Å². The molecule has 6 nitrogen and oxygen atoms in total. The van der Waals surface area contributed by atoms with E-state index in [4.69, 9.17) is 11.6 Å². The number of hydrogen-bond acceptors (Lipinski definition) is 4. The highest BCUT2D eigenvalue weighted by Crippen LogP contribution is 2.30. The van der Waals surface area contributed by atoms with Crippen molar-refractivity contribution in [2.24, 2.45) is 0 Å². The van der Waals surface area contributed by atoms with E-state index < -0.39 is 4.92 Å². The summed E-state index contributed by atoms with van der Waals surface area (Å²) in [7, 11) is 0. The van der Waals surface area contributed by atoms with Gasteiger partial charge in [0.1, 0.15) is 0 Å². The number of carbonyl (C=O) groups is 1. The molecule has 0 aliphatic rings. The van der Waals surface area contributed by atoms with Gasteiger partial charge in [-0.05, 0) is 33.3 Å². The molecular weight excluding hydrogens is 282 g/mol. The van der Waals surface area contributed by atoms with Gasteiger partial charge >= 0.3 is 0 Å². The summed E-state index contributed by atoms with van der Waals surface area (Å²) in [6, 6.07) is 2.68. The number of aryl methyl sites for hydroxylation is 1. The summed E-state index contributed by atoms with van der Waals surface area (Å²) in [6.45, 7) is 7.40.